The third-order valence-electron chi connectivity index (χ3n) is 3.66. The smallest absolute Gasteiger partial charge is 0.416 e. The number of hydrogen-bond acceptors (Lipinski definition) is 2. The number of carboxylic acids is 1. The molecule has 2 atom stereocenters. The summed E-state index contributed by atoms with van der Waals surface area (Å²) in [6.07, 6.45) is -3.79. The Morgan fingerprint density at radius 3 is 2.59 bits per heavy atom. The predicted octanol–water partition coefficient (Wildman–Crippen LogP) is 2.79. The maximum absolute atomic E-state index is 12.9. The molecular weight excluding hydrogens is 299 g/mol. The van der Waals surface area contributed by atoms with Gasteiger partial charge in [0.25, 0.3) is 0 Å². The summed E-state index contributed by atoms with van der Waals surface area (Å²) in [7, 11) is 0. The molecule has 0 saturated heterocycles. The van der Waals surface area contributed by atoms with E-state index in [2.05, 4.69) is 5.32 Å². The van der Waals surface area contributed by atoms with Crippen molar-refractivity contribution in [1.82, 2.24) is 5.32 Å². The van der Waals surface area contributed by atoms with Crippen LogP contribution in [-0.4, -0.2) is 23.5 Å². The van der Waals surface area contributed by atoms with Gasteiger partial charge in [-0.15, -0.1) is 0 Å². The highest BCUT2D eigenvalue weighted by Gasteiger charge is 2.47. The molecule has 2 N–H and O–H groups in total. The highest BCUT2D eigenvalue weighted by atomic mass is 19.4. The van der Waals surface area contributed by atoms with Gasteiger partial charge in [0.05, 0.1) is 5.56 Å². The molecule has 2 rings (SSSR count). The molecule has 120 valence electrons. The minimum absolute atomic E-state index is 0.0503. The lowest BCUT2D eigenvalue weighted by atomic mass is 10.0. The molecule has 0 bridgehead atoms. The van der Waals surface area contributed by atoms with Crippen molar-refractivity contribution in [2.45, 2.75) is 31.4 Å². The van der Waals surface area contributed by atoms with Gasteiger partial charge in [0.2, 0.25) is 5.91 Å². The summed E-state index contributed by atoms with van der Waals surface area (Å²) in [5, 5.41) is 11.1. The van der Waals surface area contributed by atoms with Crippen molar-refractivity contribution in [3.63, 3.8) is 0 Å². The Balaban J connectivity index is 1.92. The van der Waals surface area contributed by atoms with Crippen LogP contribution in [0.25, 0.3) is 0 Å². The summed E-state index contributed by atoms with van der Waals surface area (Å²) in [5.74, 6) is -2.14. The van der Waals surface area contributed by atoms with Crippen molar-refractivity contribution in [2.75, 3.05) is 6.54 Å². The molecule has 0 radical (unpaired) electrons. The topological polar surface area (TPSA) is 66.4 Å². The van der Waals surface area contributed by atoms with Gasteiger partial charge in [0.15, 0.2) is 0 Å². The molecule has 4 nitrogen and oxygen atoms in total. The van der Waals surface area contributed by atoms with Gasteiger partial charge in [-0.3, -0.25) is 9.59 Å². The first kappa shape index (κ1) is 16.3. The Bertz CT molecular complexity index is 571. The lowest BCUT2D eigenvalue weighted by Gasteiger charge is -2.12. The fourth-order valence-corrected chi connectivity index (χ4v) is 2.49. The Kier molecular flexibility index (Phi) is 4.73. The molecule has 1 aliphatic carbocycles. The van der Waals surface area contributed by atoms with Gasteiger partial charge >= 0.3 is 12.1 Å². The summed E-state index contributed by atoms with van der Waals surface area (Å²) < 4.78 is 38.8. The quantitative estimate of drug-likeness (QED) is 0.793. The first-order valence-corrected chi connectivity index (χ1v) is 6.96. The molecule has 0 unspecified atom stereocenters. The van der Waals surface area contributed by atoms with Crippen molar-refractivity contribution in [3.05, 3.63) is 35.4 Å². The standard InChI is InChI=1S/C15H16F3NO3/c16-15(17,18)12-5-2-1-4-9(12)10-8-11(10)14(22)19-7-3-6-13(20)21/h1-2,4-5,10-11H,3,6-8H2,(H,19,22)(H,20,21)/t10-,11+/m0/s1. The van der Waals surface area contributed by atoms with E-state index in [1.807, 2.05) is 0 Å². The fourth-order valence-electron chi connectivity index (χ4n) is 2.49. The van der Waals surface area contributed by atoms with E-state index in [9.17, 15) is 22.8 Å². The molecule has 0 heterocycles. The maximum Gasteiger partial charge on any atom is 0.416 e. The van der Waals surface area contributed by atoms with E-state index in [4.69, 9.17) is 5.11 Å². The highest BCUT2D eigenvalue weighted by molar-refractivity contribution is 5.83. The largest absolute Gasteiger partial charge is 0.481 e. The van der Waals surface area contributed by atoms with Crippen molar-refractivity contribution in [1.29, 1.82) is 0 Å². The van der Waals surface area contributed by atoms with Gasteiger partial charge in [-0.05, 0) is 30.4 Å². The van der Waals surface area contributed by atoms with Gasteiger partial charge in [0.1, 0.15) is 0 Å². The molecule has 1 saturated carbocycles. The van der Waals surface area contributed by atoms with Gasteiger partial charge in [-0.25, -0.2) is 0 Å². The van der Waals surface area contributed by atoms with Crippen molar-refractivity contribution < 1.29 is 27.9 Å². The highest BCUT2D eigenvalue weighted by Crippen LogP contribution is 2.50. The summed E-state index contributed by atoms with van der Waals surface area (Å²) in [6, 6.07) is 5.29. The van der Waals surface area contributed by atoms with Crippen LogP contribution in [0.1, 0.15) is 36.3 Å². The molecule has 22 heavy (non-hydrogen) atoms. The number of hydrogen-bond donors (Lipinski definition) is 2. The second kappa shape index (κ2) is 6.37. The average molecular weight is 315 g/mol. The van der Waals surface area contributed by atoms with Gasteiger partial charge in [-0.1, -0.05) is 18.2 Å². The molecule has 1 amide bonds. The van der Waals surface area contributed by atoms with E-state index in [0.29, 0.717) is 12.8 Å². The minimum Gasteiger partial charge on any atom is -0.481 e. The van der Waals surface area contributed by atoms with Crippen LogP contribution in [-0.2, 0) is 15.8 Å². The molecule has 0 spiro atoms. The molecular formula is C15H16F3NO3. The minimum atomic E-state index is -4.43. The molecule has 1 aromatic rings. The monoisotopic (exact) mass is 315 g/mol. The van der Waals surface area contributed by atoms with E-state index < -0.39 is 29.5 Å². The van der Waals surface area contributed by atoms with Crippen LogP contribution >= 0.6 is 0 Å². The van der Waals surface area contributed by atoms with Gasteiger partial charge < -0.3 is 10.4 Å². The van der Waals surface area contributed by atoms with Crippen LogP contribution in [0.3, 0.4) is 0 Å². The van der Waals surface area contributed by atoms with Gasteiger partial charge in [-0.2, -0.15) is 13.2 Å². The zero-order valence-electron chi connectivity index (χ0n) is 11.7. The third-order valence-corrected chi connectivity index (χ3v) is 3.66. The predicted molar refractivity (Wildman–Crippen MR) is 72.2 cm³/mol. The SMILES string of the molecule is O=C(O)CCCNC(=O)[C@@H]1C[C@H]1c1ccccc1C(F)(F)F. The summed E-state index contributed by atoms with van der Waals surface area (Å²) >= 11 is 0. The molecule has 0 aliphatic heterocycles. The Morgan fingerprint density at radius 2 is 1.95 bits per heavy atom. The van der Waals surface area contributed by atoms with Crippen LogP contribution in [0.4, 0.5) is 13.2 Å². The normalized spacial score (nSPS) is 20.5. The van der Waals surface area contributed by atoms with E-state index in [1.54, 1.807) is 0 Å². The number of alkyl halides is 3. The summed E-state index contributed by atoms with van der Waals surface area (Å²) in [4.78, 5) is 22.2. The second-order valence-corrected chi connectivity index (χ2v) is 5.32. The van der Waals surface area contributed by atoms with Gasteiger partial charge in [0, 0.05) is 18.9 Å². The van der Waals surface area contributed by atoms with Crippen LogP contribution in [0.15, 0.2) is 24.3 Å². The summed E-state index contributed by atoms with van der Waals surface area (Å²) in [6.45, 7) is 0.218. The molecule has 1 fully saturated rings. The number of carbonyl (C=O) groups excluding carboxylic acids is 1. The fraction of sp³-hybridized carbons (Fsp3) is 0.467. The first-order chi connectivity index (χ1) is 10.3. The number of rotatable bonds is 6. The van der Waals surface area contributed by atoms with Crippen molar-refractivity contribution >= 4 is 11.9 Å². The number of halogens is 3. The Morgan fingerprint density at radius 1 is 1.27 bits per heavy atom. The number of aliphatic carboxylic acids is 1. The molecule has 1 aromatic carbocycles. The first-order valence-electron chi connectivity index (χ1n) is 6.96. The molecule has 0 aromatic heterocycles. The zero-order chi connectivity index (χ0) is 16.3. The van der Waals surface area contributed by atoms with Crippen LogP contribution in [0, 0.1) is 5.92 Å². The lowest BCUT2D eigenvalue weighted by Crippen LogP contribution is -2.27. The van der Waals surface area contributed by atoms with Crippen molar-refractivity contribution in [3.8, 4) is 0 Å². The van der Waals surface area contributed by atoms with E-state index in [1.165, 1.54) is 18.2 Å². The lowest BCUT2D eigenvalue weighted by molar-refractivity contribution is -0.138. The number of carboxylic acid groups (broad SMARTS) is 1. The maximum atomic E-state index is 12.9. The van der Waals surface area contributed by atoms with E-state index in [0.717, 1.165) is 6.07 Å². The average Bonchev–Trinajstić information content (AvgIpc) is 3.22. The van der Waals surface area contributed by atoms with E-state index >= 15 is 0 Å². The number of amides is 1. The molecule has 7 heteroatoms. The third kappa shape index (κ3) is 3.99. The van der Waals surface area contributed by atoms with Crippen molar-refractivity contribution in [2.24, 2.45) is 5.92 Å². The zero-order valence-corrected chi connectivity index (χ0v) is 11.7. The Hall–Kier alpha value is -2.05. The van der Waals surface area contributed by atoms with E-state index in [-0.39, 0.29) is 24.4 Å². The number of nitrogens with one attached hydrogen (secondary N) is 1. The van der Waals surface area contributed by atoms with Crippen LogP contribution in [0.5, 0.6) is 0 Å². The molecule has 1 aliphatic rings. The second-order valence-electron chi connectivity index (χ2n) is 5.32. The van der Waals surface area contributed by atoms with Crippen LogP contribution < -0.4 is 5.32 Å². The number of benzene rings is 1. The van der Waals surface area contributed by atoms with Crippen LogP contribution in [0.2, 0.25) is 0 Å². The Labute approximate surface area is 125 Å². The number of carbonyl (C=O) groups is 2. The summed E-state index contributed by atoms with van der Waals surface area (Å²) in [5.41, 5.74) is -0.540.